The zero-order chi connectivity index (χ0) is 16.5. The smallest absolute Gasteiger partial charge is 0.247 e. The zero-order valence-electron chi connectivity index (χ0n) is 13.9. The Labute approximate surface area is 133 Å². The molecule has 1 aromatic rings. The van der Waals surface area contributed by atoms with Crippen molar-refractivity contribution in [2.45, 2.75) is 69.9 Å². The average Bonchev–Trinajstić information content (AvgIpc) is 2.83. The summed E-state index contributed by atoms with van der Waals surface area (Å²) < 4.78 is 29.6. The molecule has 0 aromatic carbocycles. The molecule has 0 spiro atoms. The van der Waals surface area contributed by atoms with Crippen molar-refractivity contribution in [2.24, 2.45) is 7.05 Å². The number of aliphatic hydroxyl groups is 1. The van der Waals surface area contributed by atoms with Gasteiger partial charge in [0.1, 0.15) is 4.90 Å². The number of aryl methyl sites for hydroxylation is 2. The second-order valence-corrected chi connectivity index (χ2v) is 7.80. The first-order chi connectivity index (χ1) is 10.3. The van der Waals surface area contributed by atoms with Crippen LogP contribution in [0.2, 0.25) is 0 Å². The van der Waals surface area contributed by atoms with E-state index in [1.165, 1.54) is 4.31 Å². The summed E-state index contributed by atoms with van der Waals surface area (Å²) >= 11 is 0. The molecule has 7 heteroatoms. The lowest BCUT2D eigenvalue weighted by atomic mass is 10.0. The van der Waals surface area contributed by atoms with Gasteiger partial charge in [0.15, 0.2) is 0 Å². The first-order valence-corrected chi connectivity index (χ1v) is 9.53. The lowest BCUT2D eigenvalue weighted by molar-refractivity contribution is 0.0830. The molecule has 2 atom stereocenters. The Hall–Kier alpha value is -0.920. The lowest BCUT2D eigenvalue weighted by Crippen LogP contribution is -2.49. The molecular weight excluding hydrogens is 302 g/mol. The minimum atomic E-state index is -3.63. The van der Waals surface area contributed by atoms with Gasteiger partial charge in [-0.05, 0) is 32.6 Å². The highest BCUT2D eigenvalue weighted by Gasteiger charge is 2.39. The summed E-state index contributed by atoms with van der Waals surface area (Å²) in [5.41, 5.74) is 1.36. The van der Waals surface area contributed by atoms with Crippen molar-refractivity contribution in [1.82, 2.24) is 14.1 Å². The molecule has 0 bridgehead atoms. The van der Waals surface area contributed by atoms with Crippen molar-refractivity contribution in [3.8, 4) is 0 Å². The van der Waals surface area contributed by atoms with Gasteiger partial charge in [-0.3, -0.25) is 4.68 Å². The van der Waals surface area contributed by atoms with Gasteiger partial charge >= 0.3 is 0 Å². The number of rotatable bonds is 5. The number of hydrogen-bond acceptors (Lipinski definition) is 4. The van der Waals surface area contributed by atoms with Crippen LogP contribution in [0.5, 0.6) is 0 Å². The van der Waals surface area contributed by atoms with Crippen molar-refractivity contribution in [3.05, 3.63) is 11.4 Å². The molecule has 0 radical (unpaired) electrons. The molecule has 22 heavy (non-hydrogen) atoms. The fraction of sp³-hybridized carbons (Fsp3) is 0.800. The minimum Gasteiger partial charge on any atom is -0.392 e. The van der Waals surface area contributed by atoms with Gasteiger partial charge in [-0.1, -0.05) is 20.3 Å². The standard InChI is InChI=1S/C15H27N3O3S/c1-5-12-15(13(6-2)17(4)16-12)22(20,21)18-10-8-7-9-14(18)11(3)19/h11,14,19H,5-10H2,1-4H3. The van der Waals surface area contributed by atoms with E-state index >= 15 is 0 Å². The van der Waals surface area contributed by atoms with E-state index in [4.69, 9.17) is 0 Å². The summed E-state index contributed by atoms with van der Waals surface area (Å²) in [6, 6.07) is -0.339. The van der Waals surface area contributed by atoms with Gasteiger partial charge in [0.05, 0.1) is 23.5 Å². The Bertz CT molecular complexity index is 622. The SMILES string of the molecule is CCc1nn(C)c(CC)c1S(=O)(=O)N1CCCCC1C(C)O. The molecule has 1 aromatic heterocycles. The molecule has 1 fully saturated rings. The van der Waals surface area contributed by atoms with Crippen LogP contribution < -0.4 is 0 Å². The van der Waals surface area contributed by atoms with Crippen molar-refractivity contribution < 1.29 is 13.5 Å². The normalized spacial score (nSPS) is 22.0. The quantitative estimate of drug-likeness (QED) is 0.887. The summed E-state index contributed by atoms with van der Waals surface area (Å²) in [4.78, 5) is 0.354. The van der Waals surface area contributed by atoms with E-state index in [0.29, 0.717) is 36.4 Å². The first kappa shape index (κ1) is 17.4. The van der Waals surface area contributed by atoms with Crippen LogP contribution in [-0.2, 0) is 29.9 Å². The number of aliphatic hydroxyl groups excluding tert-OH is 1. The summed E-state index contributed by atoms with van der Waals surface area (Å²) in [7, 11) is -1.84. The summed E-state index contributed by atoms with van der Waals surface area (Å²) in [6.45, 7) is 6.00. The molecule has 1 aliphatic heterocycles. The van der Waals surface area contributed by atoms with Crippen molar-refractivity contribution in [2.75, 3.05) is 6.54 Å². The Morgan fingerprint density at radius 1 is 1.32 bits per heavy atom. The molecule has 1 N–H and O–H groups in total. The molecule has 1 aliphatic rings. The summed E-state index contributed by atoms with van der Waals surface area (Å²) in [5.74, 6) is 0. The third kappa shape index (κ3) is 2.94. The molecule has 1 saturated heterocycles. The second kappa shape index (κ2) is 6.68. The fourth-order valence-electron chi connectivity index (χ4n) is 3.35. The molecule has 2 rings (SSSR count). The predicted octanol–water partition coefficient (Wildman–Crippen LogP) is 1.47. The van der Waals surface area contributed by atoms with E-state index in [2.05, 4.69) is 5.10 Å². The van der Waals surface area contributed by atoms with Crippen molar-refractivity contribution in [1.29, 1.82) is 0 Å². The van der Waals surface area contributed by atoms with E-state index in [1.54, 1.807) is 18.7 Å². The topological polar surface area (TPSA) is 75.4 Å². The molecule has 0 saturated carbocycles. The predicted molar refractivity (Wildman–Crippen MR) is 85.2 cm³/mol. The van der Waals surface area contributed by atoms with Crippen molar-refractivity contribution >= 4 is 10.0 Å². The van der Waals surface area contributed by atoms with E-state index in [0.717, 1.165) is 18.5 Å². The third-order valence-corrected chi connectivity index (χ3v) is 6.54. The van der Waals surface area contributed by atoms with Gasteiger partial charge in [-0.2, -0.15) is 9.40 Å². The highest BCUT2D eigenvalue weighted by atomic mass is 32.2. The van der Waals surface area contributed by atoms with E-state index in [9.17, 15) is 13.5 Å². The Kier molecular flexibility index (Phi) is 5.29. The molecule has 0 amide bonds. The average molecular weight is 329 g/mol. The number of piperidine rings is 1. The van der Waals surface area contributed by atoms with Crippen LogP contribution >= 0.6 is 0 Å². The molecule has 2 unspecified atom stereocenters. The van der Waals surface area contributed by atoms with Gasteiger partial charge in [0, 0.05) is 13.6 Å². The summed E-state index contributed by atoms with van der Waals surface area (Å²) in [5, 5.41) is 14.4. The van der Waals surface area contributed by atoms with Crippen molar-refractivity contribution in [3.63, 3.8) is 0 Å². The van der Waals surface area contributed by atoms with E-state index < -0.39 is 16.1 Å². The molecule has 126 valence electrons. The first-order valence-electron chi connectivity index (χ1n) is 8.09. The monoisotopic (exact) mass is 329 g/mol. The molecule has 2 heterocycles. The lowest BCUT2D eigenvalue weighted by Gasteiger charge is -2.36. The van der Waals surface area contributed by atoms with Gasteiger partial charge in [-0.25, -0.2) is 8.42 Å². The Morgan fingerprint density at radius 3 is 2.55 bits per heavy atom. The minimum absolute atomic E-state index is 0.339. The second-order valence-electron chi connectivity index (χ2n) is 5.97. The Morgan fingerprint density at radius 2 is 2.00 bits per heavy atom. The molecule has 6 nitrogen and oxygen atoms in total. The number of aromatic nitrogens is 2. The van der Waals surface area contributed by atoms with Crippen LogP contribution in [-0.4, -0.2) is 46.3 Å². The Balaban J connectivity index is 2.54. The maximum Gasteiger partial charge on any atom is 0.247 e. The van der Waals surface area contributed by atoms with Gasteiger partial charge < -0.3 is 5.11 Å². The maximum atomic E-state index is 13.2. The largest absolute Gasteiger partial charge is 0.392 e. The fourth-order valence-corrected chi connectivity index (χ4v) is 5.65. The van der Waals surface area contributed by atoms with Crippen LogP contribution in [0, 0.1) is 0 Å². The van der Waals surface area contributed by atoms with Crippen LogP contribution in [0.4, 0.5) is 0 Å². The van der Waals surface area contributed by atoms with Crippen LogP contribution in [0.15, 0.2) is 4.90 Å². The zero-order valence-corrected chi connectivity index (χ0v) is 14.7. The van der Waals surface area contributed by atoms with Crippen LogP contribution in [0.25, 0.3) is 0 Å². The number of nitrogens with zero attached hydrogens (tertiary/aromatic N) is 3. The van der Waals surface area contributed by atoms with E-state index in [-0.39, 0.29) is 6.04 Å². The van der Waals surface area contributed by atoms with Crippen LogP contribution in [0.3, 0.4) is 0 Å². The number of sulfonamides is 1. The molecular formula is C15H27N3O3S. The maximum absolute atomic E-state index is 13.2. The molecule has 0 aliphatic carbocycles. The summed E-state index contributed by atoms with van der Waals surface area (Å²) in [6.07, 6.45) is 3.03. The number of hydrogen-bond donors (Lipinski definition) is 1. The van der Waals surface area contributed by atoms with Gasteiger partial charge in [0.25, 0.3) is 0 Å². The third-order valence-electron chi connectivity index (χ3n) is 4.48. The van der Waals surface area contributed by atoms with Crippen LogP contribution in [0.1, 0.15) is 51.4 Å². The van der Waals surface area contributed by atoms with Gasteiger partial charge in [-0.15, -0.1) is 0 Å². The highest BCUT2D eigenvalue weighted by molar-refractivity contribution is 7.89. The van der Waals surface area contributed by atoms with Gasteiger partial charge in [0.2, 0.25) is 10.0 Å². The van der Waals surface area contributed by atoms with E-state index in [1.807, 2.05) is 13.8 Å². The highest BCUT2D eigenvalue weighted by Crippen LogP contribution is 2.31.